The molecule has 0 amide bonds. The van der Waals surface area contributed by atoms with Gasteiger partial charge in [0, 0.05) is 25.3 Å². The Hall–Kier alpha value is 0.137. The van der Waals surface area contributed by atoms with E-state index in [0.717, 1.165) is 12.2 Å². The number of rotatable bonds is 1. The molecule has 1 atom stereocenters. The maximum Gasteiger partial charge on any atom is 0.0654 e. The lowest BCUT2D eigenvalue weighted by molar-refractivity contribution is 0.252. The van der Waals surface area contributed by atoms with Crippen LogP contribution in [0.3, 0.4) is 0 Å². The lowest BCUT2D eigenvalue weighted by Crippen LogP contribution is -2.59. The van der Waals surface area contributed by atoms with Gasteiger partial charge in [-0.25, -0.2) is 0 Å². The highest BCUT2D eigenvalue weighted by molar-refractivity contribution is 6.77. The molecule has 0 aromatic carbocycles. The lowest BCUT2D eigenvalue weighted by Gasteiger charge is -2.40. The molecule has 1 N–H and O–H groups in total. The van der Waals surface area contributed by atoms with Gasteiger partial charge in [-0.15, -0.1) is 0 Å². The standard InChI is InChI=1S/C8H20N2Si/c1-10-6-5-9-7-8(10)11(2,3)4/h8-9H,5-7H2,1-4H3. The number of piperazine rings is 1. The highest BCUT2D eigenvalue weighted by Crippen LogP contribution is 2.14. The summed E-state index contributed by atoms with van der Waals surface area (Å²) in [4.78, 5) is 2.52. The van der Waals surface area contributed by atoms with Gasteiger partial charge in [-0.05, 0) is 7.05 Å². The molecule has 1 rings (SSSR count). The summed E-state index contributed by atoms with van der Waals surface area (Å²) in [5.41, 5.74) is 0.830. The Morgan fingerprint density at radius 3 is 2.36 bits per heavy atom. The smallest absolute Gasteiger partial charge is 0.0654 e. The van der Waals surface area contributed by atoms with Crippen LogP contribution in [0.25, 0.3) is 0 Å². The first kappa shape index (κ1) is 9.23. The minimum absolute atomic E-state index is 0.830. The van der Waals surface area contributed by atoms with Crippen molar-refractivity contribution in [2.45, 2.75) is 25.3 Å². The molecule has 0 radical (unpaired) electrons. The third kappa shape index (κ3) is 2.29. The Kier molecular flexibility index (Phi) is 2.73. The predicted molar refractivity (Wildman–Crippen MR) is 52.6 cm³/mol. The van der Waals surface area contributed by atoms with Crippen LogP contribution in [0.2, 0.25) is 19.6 Å². The summed E-state index contributed by atoms with van der Waals surface area (Å²) in [6.07, 6.45) is 0. The van der Waals surface area contributed by atoms with E-state index in [1.165, 1.54) is 13.1 Å². The molecule has 0 aromatic rings. The van der Waals surface area contributed by atoms with Gasteiger partial charge in [0.1, 0.15) is 0 Å². The van der Waals surface area contributed by atoms with E-state index < -0.39 is 8.07 Å². The molecule has 1 aliphatic rings. The molecule has 3 heteroatoms. The van der Waals surface area contributed by atoms with E-state index in [0.29, 0.717) is 0 Å². The van der Waals surface area contributed by atoms with Gasteiger partial charge < -0.3 is 10.2 Å². The molecule has 1 saturated heterocycles. The molecule has 0 saturated carbocycles. The third-order valence-electron chi connectivity index (χ3n) is 2.51. The van der Waals surface area contributed by atoms with Crippen LogP contribution in [0.1, 0.15) is 0 Å². The van der Waals surface area contributed by atoms with Crippen LogP contribution in [0, 0.1) is 0 Å². The van der Waals surface area contributed by atoms with Crippen molar-refractivity contribution in [2.75, 3.05) is 26.7 Å². The number of hydrogen-bond acceptors (Lipinski definition) is 2. The Morgan fingerprint density at radius 1 is 1.36 bits per heavy atom. The minimum atomic E-state index is -0.956. The van der Waals surface area contributed by atoms with Crippen molar-refractivity contribution >= 4 is 8.07 Å². The summed E-state index contributed by atoms with van der Waals surface area (Å²) >= 11 is 0. The average molecular weight is 172 g/mol. The lowest BCUT2D eigenvalue weighted by atomic mass is 10.4. The van der Waals surface area contributed by atoms with Crippen molar-refractivity contribution < 1.29 is 0 Å². The molecule has 1 heterocycles. The molecule has 0 aromatic heterocycles. The molecular formula is C8H20N2Si. The van der Waals surface area contributed by atoms with Gasteiger partial charge in [-0.3, -0.25) is 0 Å². The molecule has 1 fully saturated rings. The van der Waals surface area contributed by atoms with Crippen molar-refractivity contribution in [3.05, 3.63) is 0 Å². The van der Waals surface area contributed by atoms with Gasteiger partial charge >= 0.3 is 0 Å². The van der Waals surface area contributed by atoms with Gasteiger partial charge in [0.15, 0.2) is 0 Å². The van der Waals surface area contributed by atoms with Crippen LogP contribution in [0.5, 0.6) is 0 Å². The summed E-state index contributed by atoms with van der Waals surface area (Å²) in [5, 5.41) is 3.46. The van der Waals surface area contributed by atoms with E-state index in [1.54, 1.807) is 0 Å². The van der Waals surface area contributed by atoms with Crippen molar-refractivity contribution in [1.29, 1.82) is 0 Å². The second kappa shape index (κ2) is 3.25. The van der Waals surface area contributed by atoms with Gasteiger partial charge in [0.2, 0.25) is 0 Å². The predicted octanol–water partition coefficient (Wildman–Crippen LogP) is 0.767. The van der Waals surface area contributed by atoms with Gasteiger partial charge in [0.05, 0.1) is 8.07 Å². The molecule has 2 nitrogen and oxygen atoms in total. The van der Waals surface area contributed by atoms with Crippen LogP contribution in [-0.2, 0) is 0 Å². The van der Waals surface area contributed by atoms with E-state index >= 15 is 0 Å². The number of nitrogens with one attached hydrogen (secondary N) is 1. The number of likely N-dealkylation sites (N-methyl/N-ethyl adjacent to an activating group) is 1. The first-order chi connectivity index (χ1) is 5.02. The third-order valence-corrected chi connectivity index (χ3v) is 5.15. The maximum absolute atomic E-state index is 3.46. The fourth-order valence-corrected chi connectivity index (χ4v) is 3.98. The SMILES string of the molecule is CN1CCNCC1[Si](C)(C)C. The average Bonchev–Trinajstić information content (AvgIpc) is 1.86. The molecule has 1 aliphatic heterocycles. The fraction of sp³-hybridized carbons (Fsp3) is 1.00. The van der Waals surface area contributed by atoms with Crippen LogP contribution in [-0.4, -0.2) is 45.3 Å². The van der Waals surface area contributed by atoms with Gasteiger partial charge in [0.25, 0.3) is 0 Å². The number of nitrogens with zero attached hydrogens (tertiary/aromatic N) is 1. The summed E-state index contributed by atoms with van der Waals surface area (Å²) in [6.45, 7) is 10.9. The van der Waals surface area contributed by atoms with E-state index in [1.807, 2.05) is 0 Å². The van der Waals surface area contributed by atoms with Crippen molar-refractivity contribution in [3.63, 3.8) is 0 Å². The zero-order valence-electron chi connectivity index (χ0n) is 8.15. The van der Waals surface area contributed by atoms with Crippen molar-refractivity contribution in [2.24, 2.45) is 0 Å². The highest BCUT2D eigenvalue weighted by atomic mass is 28.3. The molecule has 0 aliphatic carbocycles. The fourth-order valence-electron chi connectivity index (χ4n) is 1.77. The van der Waals surface area contributed by atoms with E-state index in [-0.39, 0.29) is 0 Å². The summed E-state index contributed by atoms with van der Waals surface area (Å²) in [5.74, 6) is 0. The zero-order valence-corrected chi connectivity index (χ0v) is 9.15. The molecule has 1 unspecified atom stereocenters. The Morgan fingerprint density at radius 2 is 2.00 bits per heavy atom. The minimum Gasteiger partial charge on any atom is -0.314 e. The Bertz CT molecular complexity index is 131. The molecule has 11 heavy (non-hydrogen) atoms. The normalized spacial score (nSPS) is 28.9. The largest absolute Gasteiger partial charge is 0.314 e. The van der Waals surface area contributed by atoms with Crippen LogP contribution >= 0.6 is 0 Å². The second-order valence-corrected chi connectivity index (χ2v) is 9.97. The Labute approximate surface area is 71.0 Å². The quantitative estimate of drug-likeness (QED) is 0.588. The first-order valence-electron chi connectivity index (χ1n) is 4.43. The summed E-state index contributed by atoms with van der Waals surface area (Å²) in [7, 11) is 1.30. The van der Waals surface area contributed by atoms with E-state index in [2.05, 4.69) is 36.9 Å². The molecule has 0 bridgehead atoms. The summed E-state index contributed by atoms with van der Waals surface area (Å²) in [6, 6.07) is 0. The van der Waals surface area contributed by atoms with Crippen LogP contribution < -0.4 is 5.32 Å². The number of hydrogen-bond donors (Lipinski definition) is 1. The zero-order chi connectivity index (χ0) is 8.48. The van der Waals surface area contributed by atoms with Gasteiger partial charge in [-0.1, -0.05) is 19.6 Å². The topological polar surface area (TPSA) is 15.3 Å². The first-order valence-corrected chi connectivity index (χ1v) is 8.00. The molecule has 0 spiro atoms. The van der Waals surface area contributed by atoms with Crippen LogP contribution in [0.4, 0.5) is 0 Å². The molecule has 66 valence electrons. The maximum atomic E-state index is 3.46. The van der Waals surface area contributed by atoms with E-state index in [9.17, 15) is 0 Å². The van der Waals surface area contributed by atoms with Crippen molar-refractivity contribution in [1.82, 2.24) is 10.2 Å². The Balaban J connectivity index is 2.55. The summed E-state index contributed by atoms with van der Waals surface area (Å²) < 4.78 is 0. The highest BCUT2D eigenvalue weighted by Gasteiger charge is 2.31. The van der Waals surface area contributed by atoms with Gasteiger partial charge in [-0.2, -0.15) is 0 Å². The van der Waals surface area contributed by atoms with Crippen LogP contribution in [0.15, 0.2) is 0 Å². The van der Waals surface area contributed by atoms with E-state index in [4.69, 9.17) is 0 Å². The monoisotopic (exact) mass is 172 g/mol. The second-order valence-electron chi connectivity index (χ2n) is 4.57. The van der Waals surface area contributed by atoms with Crippen molar-refractivity contribution in [3.8, 4) is 0 Å². The molecular weight excluding hydrogens is 152 g/mol.